The van der Waals surface area contributed by atoms with E-state index in [9.17, 15) is 4.79 Å². The Labute approximate surface area is 116 Å². The van der Waals surface area contributed by atoms with Gasteiger partial charge in [0.15, 0.2) is 0 Å². The van der Waals surface area contributed by atoms with Gasteiger partial charge in [-0.25, -0.2) is 4.79 Å². The van der Waals surface area contributed by atoms with Gasteiger partial charge in [-0.3, -0.25) is 0 Å². The molecular formula is C15H17NO2S. The molecular weight excluding hydrogens is 258 g/mol. The second kappa shape index (κ2) is 7.07. The van der Waals surface area contributed by atoms with Crippen LogP contribution in [0.15, 0.2) is 42.5 Å². The Balaban J connectivity index is 1.65. The van der Waals surface area contributed by atoms with Crippen molar-refractivity contribution in [3.63, 3.8) is 0 Å². The van der Waals surface area contributed by atoms with Gasteiger partial charge < -0.3 is 10.4 Å². The van der Waals surface area contributed by atoms with E-state index >= 15 is 0 Å². The molecule has 100 valence electrons. The van der Waals surface area contributed by atoms with Crippen molar-refractivity contribution in [2.24, 2.45) is 0 Å². The summed E-state index contributed by atoms with van der Waals surface area (Å²) in [4.78, 5) is 12.2. The molecule has 4 heteroatoms. The van der Waals surface area contributed by atoms with Crippen molar-refractivity contribution in [1.29, 1.82) is 0 Å². The monoisotopic (exact) mass is 275 g/mol. The van der Waals surface area contributed by atoms with Gasteiger partial charge in [-0.15, -0.1) is 11.3 Å². The molecule has 3 nitrogen and oxygen atoms in total. The van der Waals surface area contributed by atoms with Crippen molar-refractivity contribution in [2.45, 2.75) is 19.4 Å². The van der Waals surface area contributed by atoms with Crippen molar-refractivity contribution in [2.75, 3.05) is 6.54 Å². The zero-order valence-corrected chi connectivity index (χ0v) is 11.5. The number of carbonyl (C=O) groups is 1. The second-order valence-electron chi connectivity index (χ2n) is 4.34. The first kappa shape index (κ1) is 13.8. The van der Waals surface area contributed by atoms with Crippen LogP contribution in [0.5, 0.6) is 0 Å². The summed E-state index contributed by atoms with van der Waals surface area (Å²) in [6.45, 7) is 1.68. The SMILES string of the molecule is O=C(O)c1ccc(CNCCCc2ccccc2)s1. The molecule has 0 saturated heterocycles. The van der Waals surface area contributed by atoms with E-state index in [2.05, 4.69) is 29.6 Å². The summed E-state index contributed by atoms with van der Waals surface area (Å²) < 4.78 is 0. The summed E-state index contributed by atoms with van der Waals surface area (Å²) in [6, 6.07) is 13.9. The highest BCUT2D eigenvalue weighted by molar-refractivity contribution is 7.13. The average Bonchev–Trinajstić information content (AvgIpc) is 2.89. The summed E-state index contributed by atoms with van der Waals surface area (Å²) in [6.07, 6.45) is 2.15. The van der Waals surface area contributed by atoms with E-state index in [1.54, 1.807) is 6.07 Å². The number of rotatable bonds is 7. The molecule has 0 atom stereocenters. The highest BCUT2D eigenvalue weighted by Gasteiger charge is 2.05. The van der Waals surface area contributed by atoms with Crippen molar-refractivity contribution in [3.05, 3.63) is 57.8 Å². The molecule has 0 radical (unpaired) electrons. The summed E-state index contributed by atoms with van der Waals surface area (Å²) >= 11 is 1.33. The number of carboxylic acid groups (broad SMARTS) is 1. The largest absolute Gasteiger partial charge is 0.477 e. The Morgan fingerprint density at radius 1 is 1.16 bits per heavy atom. The van der Waals surface area contributed by atoms with Crippen LogP contribution >= 0.6 is 11.3 Å². The van der Waals surface area contributed by atoms with Crippen LogP contribution in [0.1, 0.15) is 26.5 Å². The number of hydrogen-bond acceptors (Lipinski definition) is 3. The predicted octanol–water partition coefficient (Wildman–Crippen LogP) is 3.17. The van der Waals surface area contributed by atoms with E-state index in [0.29, 0.717) is 4.88 Å². The van der Waals surface area contributed by atoms with E-state index in [0.717, 1.165) is 30.8 Å². The van der Waals surface area contributed by atoms with Gasteiger partial charge in [0.2, 0.25) is 0 Å². The normalized spacial score (nSPS) is 10.5. The maximum atomic E-state index is 10.7. The average molecular weight is 275 g/mol. The quantitative estimate of drug-likeness (QED) is 0.763. The van der Waals surface area contributed by atoms with Crippen LogP contribution in [0.25, 0.3) is 0 Å². The second-order valence-corrected chi connectivity index (χ2v) is 5.51. The van der Waals surface area contributed by atoms with E-state index in [1.165, 1.54) is 16.9 Å². The fraction of sp³-hybridized carbons (Fsp3) is 0.267. The molecule has 0 unspecified atom stereocenters. The van der Waals surface area contributed by atoms with E-state index in [4.69, 9.17) is 5.11 Å². The third kappa shape index (κ3) is 4.50. The van der Waals surface area contributed by atoms with Crippen molar-refractivity contribution in [1.82, 2.24) is 5.32 Å². The Bertz CT molecular complexity index is 522. The molecule has 0 aliphatic carbocycles. The Hall–Kier alpha value is -1.65. The highest BCUT2D eigenvalue weighted by atomic mass is 32.1. The zero-order chi connectivity index (χ0) is 13.5. The van der Waals surface area contributed by atoms with Gasteiger partial charge in [0.1, 0.15) is 4.88 Å². The molecule has 0 amide bonds. The van der Waals surface area contributed by atoms with Gasteiger partial charge >= 0.3 is 5.97 Å². The van der Waals surface area contributed by atoms with E-state index < -0.39 is 5.97 Å². The molecule has 0 bridgehead atoms. The van der Waals surface area contributed by atoms with Gasteiger partial charge in [0, 0.05) is 11.4 Å². The van der Waals surface area contributed by atoms with E-state index in [-0.39, 0.29) is 0 Å². The lowest BCUT2D eigenvalue weighted by Gasteiger charge is -2.03. The van der Waals surface area contributed by atoms with Gasteiger partial charge in [-0.1, -0.05) is 30.3 Å². The number of benzene rings is 1. The van der Waals surface area contributed by atoms with Crippen LogP contribution in [-0.4, -0.2) is 17.6 Å². The fourth-order valence-corrected chi connectivity index (χ4v) is 2.68. The number of aromatic carboxylic acids is 1. The van der Waals surface area contributed by atoms with Crippen LogP contribution in [0.2, 0.25) is 0 Å². The summed E-state index contributed by atoms with van der Waals surface area (Å²) in [5, 5.41) is 12.2. The molecule has 0 aliphatic heterocycles. The maximum absolute atomic E-state index is 10.7. The number of carboxylic acids is 1. The standard InChI is InChI=1S/C15H17NO2S/c17-15(18)14-9-8-13(19-14)11-16-10-4-7-12-5-2-1-3-6-12/h1-3,5-6,8-9,16H,4,7,10-11H2,(H,17,18). The minimum Gasteiger partial charge on any atom is -0.477 e. The summed E-state index contributed by atoms with van der Waals surface area (Å²) in [5.74, 6) is -0.847. The highest BCUT2D eigenvalue weighted by Crippen LogP contribution is 2.15. The maximum Gasteiger partial charge on any atom is 0.345 e. The van der Waals surface area contributed by atoms with Crippen LogP contribution in [-0.2, 0) is 13.0 Å². The van der Waals surface area contributed by atoms with Crippen LogP contribution in [0.4, 0.5) is 0 Å². The Morgan fingerprint density at radius 3 is 2.63 bits per heavy atom. The minimum absolute atomic E-state index is 0.404. The summed E-state index contributed by atoms with van der Waals surface area (Å²) in [5.41, 5.74) is 1.36. The molecule has 0 spiro atoms. The minimum atomic E-state index is -0.847. The van der Waals surface area contributed by atoms with Crippen LogP contribution < -0.4 is 5.32 Å². The Kier molecular flexibility index (Phi) is 5.12. The summed E-state index contributed by atoms with van der Waals surface area (Å²) in [7, 11) is 0. The molecule has 2 rings (SSSR count). The number of nitrogens with one attached hydrogen (secondary N) is 1. The number of thiophene rings is 1. The van der Waals surface area contributed by atoms with Gasteiger partial charge in [-0.2, -0.15) is 0 Å². The van der Waals surface area contributed by atoms with Crippen LogP contribution in [0, 0.1) is 0 Å². The van der Waals surface area contributed by atoms with Gasteiger partial charge in [0.05, 0.1) is 0 Å². The Morgan fingerprint density at radius 2 is 1.95 bits per heavy atom. The van der Waals surface area contributed by atoms with Gasteiger partial charge in [0.25, 0.3) is 0 Å². The first-order valence-corrected chi connectivity index (χ1v) is 7.14. The smallest absolute Gasteiger partial charge is 0.345 e. The third-order valence-electron chi connectivity index (χ3n) is 2.83. The zero-order valence-electron chi connectivity index (χ0n) is 10.6. The molecule has 19 heavy (non-hydrogen) atoms. The van der Waals surface area contributed by atoms with Crippen LogP contribution in [0.3, 0.4) is 0 Å². The first-order chi connectivity index (χ1) is 9.25. The number of hydrogen-bond donors (Lipinski definition) is 2. The van der Waals surface area contributed by atoms with Crippen molar-refractivity contribution < 1.29 is 9.90 Å². The van der Waals surface area contributed by atoms with Crippen molar-refractivity contribution >= 4 is 17.3 Å². The fourth-order valence-electron chi connectivity index (χ4n) is 1.86. The number of aryl methyl sites for hydroxylation is 1. The molecule has 1 aromatic heterocycles. The molecule has 0 saturated carbocycles. The van der Waals surface area contributed by atoms with Crippen molar-refractivity contribution in [3.8, 4) is 0 Å². The topological polar surface area (TPSA) is 49.3 Å². The van der Waals surface area contributed by atoms with E-state index in [1.807, 2.05) is 12.1 Å². The molecule has 1 aromatic carbocycles. The lowest BCUT2D eigenvalue weighted by molar-refractivity contribution is 0.0702. The third-order valence-corrected chi connectivity index (χ3v) is 3.91. The lowest BCUT2D eigenvalue weighted by Crippen LogP contribution is -2.14. The van der Waals surface area contributed by atoms with Gasteiger partial charge in [-0.05, 0) is 37.1 Å². The first-order valence-electron chi connectivity index (χ1n) is 6.32. The molecule has 0 aliphatic rings. The predicted molar refractivity (Wildman–Crippen MR) is 77.7 cm³/mol. The molecule has 1 heterocycles. The molecule has 2 aromatic rings. The lowest BCUT2D eigenvalue weighted by atomic mass is 10.1. The molecule has 2 N–H and O–H groups in total. The molecule has 0 fully saturated rings.